The number of aliphatic carboxylic acids is 1. The molecule has 0 saturated heterocycles. The quantitative estimate of drug-likeness (QED) is 0.591. The fourth-order valence-corrected chi connectivity index (χ4v) is 2.22. The molecule has 1 aliphatic rings. The summed E-state index contributed by atoms with van der Waals surface area (Å²) in [6.45, 7) is 1.64. The lowest BCUT2D eigenvalue weighted by atomic mass is 10.1. The average Bonchev–Trinajstić information content (AvgIpc) is 2.68. The lowest BCUT2D eigenvalue weighted by Crippen LogP contribution is -2.40. The Hall–Kier alpha value is -2.70. The molecule has 0 saturated carbocycles. The Morgan fingerprint density at radius 2 is 1.86 bits per heavy atom. The second-order valence-electron chi connectivity index (χ2n) is 5.09. The van der Waals surface area contributed by atoms with E-state index in [9.17, 15) is 19.2 Å². The van der Waals surface area contributed by atoms with E-state index in [2.05, 4.69) is 5.32 Å². The molecule has 1 aromatic carbocycles. The third-order valence-electron chi connectivity index (χ3n) is 3.32. The van der Waals surface area contributed by atoms with Crippen LogP contribution in [0.4, 0.5) is 0 Å². The standard InChI is InChI=1S/C15H16N2O5/c1-9-4-5-10-11(7-9)15(22)17(14(10)21)8-12(18)16-6-2-3-13(19)20/h4-5,7H,2-3,6,8H2,1H3,(H,16,18)(H,19,20). The summed E-state index contributed by atoms with van der Waals surface area (Å²) in [4.78, 5) is 47.3. The van der Waals surface area contributed by atoms with Gasteiger partial charge in [0, 0.05) is 13.0 Å². The number of benzene rings is 1. The van der Waals surface area contributed by atoms with Crippen molar-refractivity contribution in [2.75, 3.05) is 13.1 Å². The van der Waals surface area contributed by atoms with Gasteiger partial charge in [-0.15, -0.1) is 0 Å². The topological polar surface area (TPSA) is 104 Å². The van der Waals surface area contributed by atoms with Gasteiger partial charge >= 0.3 is 5.97 Å². The van der Waals surface area contributed by atoms with Crippen LogP contribution in [-0.2, 0) is 9.59 Å². The highest BCUT2D eigenvalue weighted by atomic mass is 16.4. The van der Waals surface area contributed by atoms with Gasteiger partial charge in [0.15, 0.2) is 0 Å². The fourth-order valence-electron chi connectivity index (χ4n) is 2.22. The number of carboxylic acid groups (broad SMARTS) is 1. The summed E-state index contributed by atoms with van der Waals surface area (Å²) in [5, 5.41) is 11.0. The Morgan fingerprint density at radius 3 is 2.55 bits per heavy atom. The van der Waals surface area contributed by atoms with Gasteiger partial charge in [0.1, 0.15) is 6.54 Å². The molecule has 7 heteroatoms. The van der Waals surface area contributed by atoms with Gasteiger partial charge in [-0.3, -0.25) is 24.1 Å². The van der Waals surface area contributed by atoms with Crippen molar-refractivity contribution in [3.05, 3.63) is 34.9 Å². The normalized spacial score (nSPS) is 13.2. The highest BCUT2D eigenvalue weighted by Crippen LogP contribution is 2.23. The molecule has 7 nitrogen and oxygen atoms in total. The average molecular weight is 304 g/mol. The molecule has 0 atom stereocenters. The molecule has 2 N–H and O–H groups in total. The van der Waals surface area contributed by atoms with Crippen LogP contribution in [0.25, 0.3) is 0 Å². The molecule has 0 fully saturated rings. The number of carbonyl (C=O) groups excluding carboxylic acids is 3. The summed E-state index contributed by atoms with van der Waals surface area (Å²) in [5.74, 6) is -2.40. The number of hydrogen-bond acceptors (Lipinski definition) is 4. The number of carboxylic acids is 1. The summed E-state index contributed by atoms with van der Waals surface area (Å²) in [7, 11) is 0. The monoisotopic (exact) mass is 304 g/mol. The van der Waals surface area contributed by atoms with Crippen LogP contribution in [0, 0.1) is 6.92 Å². The number of nitrogens with one attached hydrogen (secondary N) is 1. The van der Waals surface area contributed by atoms with Gasteiger partial charge in [0.2, 0.25) is 5.91 Å². The minimum Gasteiger partial charge on any atom is -0.481 e. The first-order chi connectivity index (χ1) is 10.4. The molecule has 3 amide bonds. The first-order valence-electron chi connectivity index (χ1n) is 6.85. The van der Waals surface area contributed by atoms with E-state index in [0.29, 0.717) is 17.5 Å². The second kappa shape index (κ2) is 6.38. The zero-order valence-electron chi connectivity index (χ0n) is 12.1. The number of aryl methyl sites for hydroxylation is 1. The Bertz CT molecular complexity index is 653. The summed E-state index contributed by atoms with van der Waals surface area (Å²) in [5.41, 5.74) is 1.47. The molecule has 0 bridgehead atoms. The maximum atomic E-state index is 12.2. The SMILES string of the molecule is Cc1ccc2c(c1)C(=O)N(CC(=O)NCCCC(=O)O)C2=O. The highest BCUT2D eigenvalue weighted by molar-refractivity contribution is 6.22. The first-order valence-corrected chi connectivity index (χ1v) is 6.85. The minimum atomic E-state index is -0.940. The van der Waals surface area contributed by atoms with Crippen LogP contribution in [0.15, 0.2) is 18.2 Å². The van der Waals surface area contributed by atoms with E-state index in [1.54, 1.807) is 18.2 Å². The summed E-state index contributed by atoms with van der Waals surface area (Å²) >= 11 is 0. The van der Waals surface area contributed by atoms with Crippen molar-refractivity contribution in [1.82, 2.24) is 10.2 Å². The molecule has 0 aliphatic carbocycles. The van der Waals surface area contributed by atoms with Crippen molar-refractivity contribution >= 4 is 23.7 Å². The molecule has 1 heterocycles. The number of nitrogens with zero attached hydrogens (tertiary/aromatic N) is 1. The van der Waals surface area contributed by atoms with E-state index in [0.717, 1.165) is 10.5 Å². The van der Waals surface area contributed by atoms with Crippen molar-refractivity contribution in [1.29, 1.82) is 0 Å². The van der Waals surface area contributed by atoms with Crippen molar-refractivity contribution in [3.8, 4) is 0 Å². The fraction of sp³-hybridized carbons (Fsp3) is 0.333. The van der Waals surface area contributed by atoms with Crippen molar-refractivity contribution in [2.24, 2.45) is 0 Å². The summed E-state index contributed by atoms with van der Waals surface area (Å²) in [6, 6.07) is 4.94. The molecule has 2 rings (SSSR count). The predicted molar refractivity (Wildman–Crippen MR) is 76.4 cm³/mol. The maximum absolute atomic E-state index is 12.2. The third kappa shape index (κ3) is 3.30. The molecule has 116 valence electrons. The van der Waals surface area contributed by atoms with Gasteiger partial charge in [-0.2, -0.15) is 0 Å². The number of imide groups is 1. The Balaban J connectivity index is 1.94. The van der Waals surface area contributed by atoms with Gasteiger partial charge in [-0.1, -0.05) is 11.6 Å². The smallest absolute Gasteiger partial charge is 0.303 e. The van der Waals surface area contributed by atoms with Gasteiger partial charge in [0.25, 0.3) is 11.8 Å². The van der Waals surface area contributed by atoms with Gasteiger partial charge in [0.05, 0.1) is 11.1 Å². The molecule has 0 spiro atoms. The molecular formula is C15H16N2O5. The number of hydrogen-bond donors (Lipinski definition) is 2. The van der Waals surface area contributed by atoms with Crippen LogP contribution >= 0.6 is 0 Å². The number of amides is 3. The molecule has 1 aliphatic heterocycles. The van der Waals surface area contributed by atoms with Crippen LogP contribution in [-0.4, -0.2) is 46.8 Å². The second-order valence-corrected chi connectivity index (χ2v) is 5.09. The molecular weight excluding hydrogens is 288 g/mol. The number of rotatable bonds is 6. The van der Waals surface area contributed by atoms with Gasteiger partial charge < -0.3 is 10.4 Å². The third-order valence-corrected chi connectivity index (χ3v) is 3.32. The van der Waals surface area contributed by atoms with E-state index in [1.807, 2.05) is 6.92 Å². The Morgan fingerprint density at radius 1 is 1.18 bits per heavy atom. The Kier molecular flexibility index (Phi) is 4.55. The lowest BCUT2D eigenvalue weighted by molar-refractivity contribution is -0.137. The summed E-state index contributed by atoms with van der Waals surface area (Å²) in [6.07, 6.45) is 0.245. The zero-order chi connectivity index (χ0) is 16.3. The number of fused-ring (bicyclic) bond motifs is 1. The van der Waals surface area contributed by atoms with Crippen molar-refractivity contribution < 1.29 is 24.3 Å². The van der Waals surface area contributed by atoms with E-state index < -0.39 is 23.7 Å². The van der Waals surface area contributed by atoms with Crippen molar-refractivity contribution in [3.63, 3.8) is 0 Å². The van der Waals surface area contributed by atoms with Crippen LogP contribution in [0.1, 0.15) is 39.1 Å². The number of carbonyl (C=O) groups is 4. The molecule has 1 aromatic rings. The lowest BCUT2D eigenvalue weighted by Gasteiger charge is -2.13. The molecule has 0 aromatic heterocycles. The first kappa shape index (κ1) is 15.7. The van der Waals surface area contributed by atoms with Crippen LogP contribution in [0.2, 0.25) is 0 Å². The van der Waals surface area contributed by atoms with Gasteiger partial charge in [-0.05, 0) is 25.5 Å². The van der Waals surface area contributed by atoms with Crippen LogP contribution in [0.3, 0.4) is 0 Å². The highest BCUT2D eigenvalue weighted by Gasteiger charge is 2.36. The minimum absolute atomic E-state index is 0.0490. The van der Waals surface area contributed by atoms with E-state index in [1.165, 1.54) is 0 Å². The molecule has 22 heavy (non-hydrogen) atoms. The van der Waals surface area contributed by atoms with Crippen LogP contribution < -0.4 is 5.32 Å². The van der Waals surface area contributed by atoms with Gasteiger partial charge in [-0.25, -0.2) is 0 Å². The van der Waals surface area contributed by atoms with E-state index >= 15 is 0 Å². The maximum Gasteiger partial charge on any atom is 0.303 e. The largest absolute Gasteiger partial charge is 0.481 e. The summed E-state index contributed by atoms with van der Waals surface area (Å²) < 4.78 is 0. The van der Waals surface area contributed by atoms with Crippen LogP contribution in [0.5, 0.6) is 0 Å². The van der Waals surface area contributed by atoms with E-state index in [4.69, 9.17) is 5.11 Å². The zero-order valence-corrected chi connectivity index (χ0v) is 12.1. The van der Waals surface area contributed by atoms with Crippen molar-refractivity contribution in [2.45, 2.75) is 19.8 Å². The van der Waals surface area contributed by atoms with E-state index in [-0.39, 0.29) is 19.5 Å². The Labute approximate surface area is 126 Å². The molecule has 0 unspecified atom stereocenters. The molecule has 0 radical (unpaired) electrons. The predicted octanol–water partition coefficient (Wildman–Crippen LogP) is 0.572.